The van der Waals surface area contributed by atoms with Gasteiger partial charge < -0.3 is 25.0 Å². The molecule has 5 atom stereocenters. The van der Waals surface area contributed by atoms with Gasteiger partial charge in [-0.3, -0.25) is 4.79 Å². The first kappa shape index (κ1) is 12.3. The van der Waals surface area contributed by atoms with Crippen molar-refractivity contribution in [2.24, 2.45) is 5.92 Å². The third kappa shape index (κ3) is 1.29. The second-order valence-corrected chi connectivity index (χ2v) is 6.22. The van der Waals surface area contributed by atoms with Gasteiger partial charge in [-0.05, 0) is 12.8 Å². The Morgan fingerprint density at radius 1 is 1.56 bits per heavy atom. The number of nitrogens with one attached hydrogen (secondary N) is 1. The van der Waals surface area contributed by atoms with Crippen molar-refractivity contribution in [1.29, 1.82) is 0 Å². The topological polar surface area (TPSA) is 88.0 Å². The summed E-state index contributed by atoms with van der Waals surface area (Å²) in [4.78, 5) is 12.0. The molecule has 0 aromatic rings. The molecule has 3 fully saturated rings. The molecule has 0 saturated carbocycles. The summed E-state index contributed by atoms with van der Waals surface area (Å²) in [6, 6.07) is 0. The highest BCUT2D eigenvalue weighted by molar-refractivity contribution is 5.90. The average molecular weight is 257 g/mol. The van der Waals surface area contributed by atoms with E-state index in [-0.39, 0.29) is 12.3 Å². The molecular formula is C12H19NO5. The van der Waals surface area contributed by atoms with E-state index in [1.165, 1.54) is 0 Å². The molecule has 3 heterocycles. The van der Waals surface area contributed by atoms with Gasteiger partial charge in [0, 0.05) is 12.8 Å². The van der Waals surface area contributed by atoms with E-state index in [1.807, 2.05) is 13.8 Å². The Balaban J connectivity index is 2.06. The first-order chi connectivity index (χ1) is 8.22. The molecule has 3 saturated heterocycles. The standard InChI is InChI=1S/C12H19NO5/c1-6(2)4-11-8-12(16,9(15)13-11)7(14)5-10(3,17-8)18-11/h6-8,14,16H,4-5H2,1-3H3,(H,13,15). The molecule has 102 valence electrons. The van der Waals surface area contributed by atoms with Crippen LogP contribution in [-0.4, -0.2) is 45.4 Å². The van der Waals surface area contributed by atoms with Crippen LogP contribution in [0.5, 0.6) is 0 Å². The van der Waals surface area contributed by atoms with Crippen LogP contribution in [-0.2, 0) is 14.3 Å². The van der Waals surface area contributed by atoms with Gasteiger partial charge in [-0.1, -0.05) is 13.8 Å². The van der Waals surface area contributed by atoms with Crippen LogP contribution in [0.3, 0.4) is 0 Å². The van der Waals surface area contributed by atoms with Gasteiger partial charge >= 0.3 is 0 Å². The Bertz CT molecular complexity index is 413. The molecule has 1 amide bonds. The van der Waals surface area contributed by atoms with Crippen LogP contribution in [0.1, 0.15) is 33.6 Å². The van der Waals surface area contributed by atoms with E-state index >= 15 is 0 Å². The van der Waals surface area contributed by atoms with Crippen LogP contribution < -0.4 is 5.32 Å². The van der Waals surface area contributed by atoms with E-state index in [1.54, 1.807) is 6.92 Å². The summed E-state index contributed by atoms with van der Waals surface area (Å²) in [7, 11) is 0. The van der Waals surface area contributed by atoms with Gasteiger partial charge in [-0.2, -0.15) is 0 Å². The summed E-state index contributed by atoms with van der Waals surface area (Å²) >= 11 is 0. The number of rotatable bonds is 2. The van der Waals surface area contributed by atoms with Crippen molar-refractivity contribution in [3.63, 3.8) is 0 Å². The molecule has 18 heavy (non-hydrogen) atoms. The fourth-order valence-corrected chi connectivity index (χ4v) is 3.48. The number of fused-ring (bicyclic) bond motifs is 1. The maximum Gasteiger partial charge on any atom is 0.259 e. The molecule has 3 N–H and O–H groups in total. The second kappa shape index (κ2) is 3.25. The number of carbonyl (C=O) groups is 1. The van der Waals surface area contributed by atoms with E-state index in [0.717, 1.165) is 0 Å². The molecule has 0 aliphatic carbocycles. The van der Waals surface area contributed by atoms with E-state index in [9.17, 15) is 15.0 Å². The number of aliphatic hydroxyl groups excluding tert-OH is 1. The fraction of sp³-hybridized carbons (Fsp3) is 0.917. The number of ether oxygens (including phenoxy) is 2. The second-order valence-electron chi connectivity index (χ2n) is 6.22. The first-order valence-electron chi connectivity index (χ1n) is 6.33. The zero-order valence-electron chi connectivity index (χ0n) is 10.8. The summed E-state index contributed by atoms with van der Waals surface area (Å²) < 4.78 is 11.6. The molecule has 0 aromatic carbocycles. The molecule has 5 unspecified atom stereocenters. The molecular weight excluding hydrogens is 238 g/mol. The Kier molecular flexibility index (Phi) is 2.23. The van der Waals surface area contributed by atoms with Gasteiger partial charge in [0.25, 0.3) is 5.91 Å². The highest BCUT2D eigenvalue weighted by atomic mass is 16.8. The van der Waals surface area contributed by atoms with Gasteiger partial charge in [0.15, 0.2) is 11.5 Å². The fourth-order valence-electron chi connectivity index (χ4n) is 3.48. The largest absolute Gasteiger partial charge is 0.389 e. The average Bonchev–Trinajstić information content (AvgIpc) is 2.54. The van der Waals surface area contributed by atoms with Crippen molar-refractivity contribution in [2.75, 3.05) is 0 Å². The van der Waals surface area contributed by atoms with Crippen LogP contribution in [0.15, 0.2) is 0 Å². The lowest BCUT2D eigenvalue weighted by Crippen LogP contribution is -2.61. The molecule has 6 heteroatoms. The van der Waals surface area contributed by atoms with Crippen molar-refractivity contribution in [3.8, 4) is 0 Å². The van der Waals surface area contributed by atoms with Crippen LogP contribution in [0.2, 0.25) is 0 Å². The third-order valence-electron chi connectivity index (χ3n) is 4.06. The zero-order valence-corrected chi connectivity index (χ0v) is 10.8. The lowest BCUT2D eigenvalue weighted by atomic mass is 9.82. The third-order valence-corrected chi connectivity index (χ3v) is 4.06. The first-order valence-corrected chi connectivity index (χ1v) is 6.33. The predicted octanol–water partition coefficient (Wildman–Crippen LogP) is -0.514. The van der Waals surface area contributed by atoms with E-state index in [2.05, 4.69) is 5.32 Å². The molecule has 6 nitrogen and oxygen atoms in total. The van der Waals surface area contributed by atoms with Crippen LogP contribution in [0, 0.1) is 5.92 Å². The summed E-state index contributed by atoms with van der Waals surface area (Å²) in [5.41, 5.74) is -2.92. The Labute approximate surface area is 105 Å². The van der Waals surface area contributed by atoms with Crippen molar-refractivity contribution >= 4 is 5.91 Å². The highest BCUT2D eigenvalue weighted by Gasteiger charge is 2.76. The molecule has 0 aromatic heterocycles. The van der Waals surface area contributed by atoms with Gasteiger partial charge in [0.1, 0.15) is 6.10 Å². The predicted molar refractivity (Wildman–Crippen MR) is 60.3 cm³/mol. The number of aliphatic hydroxyl groups is 2. The maximum absolute atomic E-state index is 12.0. The highest BCUT2D eigenvalue weighted by Crippen LogP contribution is 2.54. The number of hydrogen-bond acceptors (Lipinski definition) is 5. The molecule has 3 aliphatic heterocycles. The van der Waals surface area contributed by atoms with Crippen LogP contribution in [0.25, 0.3) is 0 Å². The van der Waals surface area contributed by atoms with Gasteiger partial charge in [0.2, 0.25) is 5.60 Å². The van der Waals surface area contributed by atoms with Crippen molar-refractivity contribution in [1.82, 2.24) is 5.32 Å². The SMILES string of the molecule is CC(C)CC12NC(=O)C3(O)C(O)CC(C)(OC13)O2. The van der Waals surface area contributed by atoms with Gasteiger partial charge in [-0.15, -0.1) is 0 Å². The smallest absolute Gasteiger partial charge is 0.259 e. The molecule has 0 spiro atoms. The quantitative estimate of drug-likeness (QED) is 0.620. The number of hydrogen-bond donors (Lipinski definition) is 3. The lowest BCUT2D eigenvalue weighted by molar-refractivity contribution is -0.259. The number of amides is 1. The minimum atomic E-state index is -1.90. The van der Waals surface area contributed by atoms with Crippen molar-refractivity contribution < 1.29 is 24.5 Å². The monoisotopic (exact) mass is 257 g/mol. The minimum Gasteiger partial charge on any atom is -0.389 e. The molecule has 3 aliphatic rings. The van der Waals surface area contributed by atoms with E-state index in [0.29, 0.717) is 6.42 Å². The molecule has 3 rings (SSSR count). The van der Waals surface area contributed by atoms with Gasteiger partial charge in [-0.25, -0.2) is 0 Å². The van der Waals surface area contributed by atoms with Crippen LogP contribution in [0.4, 0.5) is 0 Å². The molecule has 0 radical (unpaired) electrons. The zero-order chi connectivity index (χ0) is 13.3. The Hall–Kier alpha value is -0.690. The summed E-state index contributed by atoms with van der Waals surface area (Å²) in [5.74, 6) is -1.29. The lowest BCUT2D eigenvalue weighted by Gasteiger charge is -2.39. The van der Waals surface area contributed by atoms with Gasteiger partial charge in [0.05, 0.1) is 6.10 Å². The molecule has 2 bridgehead atoms. The minimum absolute atomic E-state index is 0.0905. The normalized spacial score (nSPS) is 54.0. The maximum atomic E-state index is 12.0. The Morgan fingerprint density at radius 2 is 2.22 bits per heavy atom. The Morgan fingerprint density at radius 3 is 2.83 bits per heavy atom. The van der Waals surface area contributed by atoms with Crippen molar-refractivity contribution in [2.45, 2.75) is 62.9 Å². The van der Waals surface area contributed by atoms with E-state index < -0.39 is 35.2 Å². The summed E-state index contributed by atoms with van der Waals surface area (Å²) in [5, 5.41) is 23.2. The van der Waals surface area contributed by atoms with E-state index in [4.69, 9.17) is 9.47 Å². The summed E-state index contributed by atoms with van der Waals surface area (Å²) in [6.45, 7) is 5.73. The number of carbonyl (C=O) groups excluding carboxylic acids is 1. The van der Waals surface area contributed by atoms with Crippen LogP contribution >= 0.6 is 0 Å². The van der Waals surface area contributed by atoms with Crippen molar-refractivity contribution in [3.05, 3.63) is 0 Å². The summed E-state index contributed by atoms with van der Waals surface area (Å²) in [6.07, 6.45) is -1.40.